The Morgan fingerprint density at radius 3 is 2.27 bits per heavy atom. The molecule has 138 valence electrons. The number of carbonyl (C=O) groups excluding carboxylic acids is 1. The topological polar surface area (TPSA) is 70.1 Å². The van der Waals surface area contributed by atoms with Gasteiger partial charge in [0.15, 0.2) is 0 Å². The molecule has 2 rings (SSSR count). The van der Waals surface area contributed by atoms with Gasteiger partial charge < -0.3 is 9.84 Å². The van der Waals surface area contributed by atoms with Gasteiger partial charge in [-0.25, -0.2) is 9.59 Å². The predicted octanol–water partition coefficient (Wildman–Crippen LogP) is 4.91. The van der Waals surface area contributed by atoms with Gasteiger partial charge in [0.25, 0.3) is 0 Å². The summed E-state index contributed by atoms with van der Waals surface area (Å²) in [5, 5.41) is 9.38. The van der Waals surface area contributed by atoms with Crippen LogP contribution in [-0.2, 0) is 0 Å². The van der Waals surface area contributed by atoms with Crippen molar-refractivity contribution in [1.82, 2.24) is 0 Å². The molecule has 26 heavy (non-hydrogen) atoms. The quantitative estimate of drug-likeness (QED) is 0.826. The highest BCUT2D eigenvalue weighted by Crippen LogP contribution is 2.24. The zero-order valence-electron chi connectivity index (χ0n) is 15.5. The van der Waals surface area contributed by atoms with Crippen LogP contribution in [0.4, 0.5) is 21.0 Å². The molecule has 0 aliphatic rings. The normalized spacial score (nSPS) is 10.5. The molecular weight excluding hydrogens is 332 g/mol. The average molecular weight is 356 g/mol. The minimum Gasteiger partial charge on any atom is -0.465 e. The van der Waals surface area contributed by atoms with E-state index in [9.17, 15) is 14.7 Å². The van der Waals surface area contributed by atoms with E-state index in [0.717, 1.165) is 11.3 Å². The van der Waals surface area contributed by atoms with Crippen molar-refractivity contribution in [2.75, 3.05) is 16.3 Å². The average Bonchev–Trinajstić information content (AvgIpc) is 2.57. The minimum atomic E-state index is -1.06. The summed E-state index contributed by atoms with van der Waals surface area (Å²) in [6.07, 6.45) is -1.57. The zero-order chi connectivity index (χ0) is 19.3. The summed E-state index contributed by atoms with van der Waals surface area (Å²) >= 11 is 0. The van der Waals surface area contributed by atoms with Gasteiger partial charge in [-0.1, -0.05) is 23.8 Å². The van der Waals surface area contributed by atoms with Gasteiger partial charge in [0, 0.05) is 24.3 Å². The van der Waals surface area contributed by atoms with E-state index in [2.05, 4.69) is 0 Å². The third-order valence-electron chi connectivity index (χ3n) is 3.91. The Hall–Kier alpha value is -3.02. The van der Waals surface area contributed by atoms with Gasteiger partial charge in [-0.05, 0) is 52.0 Å². The molecule has 0 fully saturated rings. The summed E-state index contributed by atoms with van der Waals surface area (Å²) in [5.41, 5.74) is 2.30. The van der Waals surface area contributed by atoms with Crippen molar-refractivity contribution in [3.05, 3.63) is 54.1 Å². The number of benzene rings is 2. The second-order valence-electron chi connectivity index (χ2n) is 6.19. The van der Waals surface area contributed by atoms with E-state index in [0.29, 0.717) is 18.0 Å². The number of amides is 2. The summed E-state index contributed by atoms with van der Waals surface area (Å²) in [7, 11) is 0. The van der Waals surface area contributed by atoms with E-state index in [4.69, 9.17) is 4.74 Å². The first kappa shape index (κ1) is 19.3. The molecule has 2 aromatic rings. The number of hydrogen-bond acceptors (Lipinski definition) is 3. The molecule has 0 aliphatic carbocycles. The van der Waals surface area contributed by atoms with Gasteiger partial charge in [-0.15, -0.1) is 0 Å². The lowest BCUT2D eigenvalue weighted by Gasteiger charge is -2.24. The highest BCUT2D eigenvalue weighted by atomic mass is 16.6. The Morgan fingerprint density at radius 1 is 1.08 bits per heavy atom. The Bertz CT molecular complexity index is 772. The van der Waals surface area contributed by atoms with Crippen LogP contribution in [0.3, 0.4) is 0 Å². The standard InChI is InChI=1S/C20H24N2O4/c1-5-21(16-11-9-15(4)10-12-16)20(25)26-18-8-6-7-17(13-18)22(14(2)3)19(23)24/h6-14H,5H2,1-4H3,(H,23,24). The van der Waals surface area contributed by atoms with Crippen LogP contribution >= 0.6 is 0 Å². The molecule has 0 aromatic heterocycles. The molecule has 0 heterocycles. The molecule has 0 saturated carbocycles. The molecule has 0 unspecified atom stereocenters. The Kier molecular flexibility index (Phi) is 6.22. The second kappa shape index (κ2) is 8.38. The maximum Gasteiger partial charge on any atom is 0.419 e. The summed E-state index contributed by atoms with van der Waals surface area (Å²) in [4.78, 5) is 26.7. The van der Waals surface area contributed by atoms with Gasteiger partial charge in [-0.3, -0.25) is 9.80 Å². The van der Waals surface area contributed by atoms with Crippen molar-refractivity contribution < 1.29 is 19.4 Å². The molecule has 0 aliphatic heterocycles. The summed E-state index contributed by atoms with van der Waals surface area (Å²) < 4.78 is 5.47. The molecule has 2 amide bonds. The van der Waals surface area contributed by atoms with Crippen molar-refractivity contribution in [1.29, 1.82) is 0 Å². The van der Waals surface area contributed by atoms with Crippen LogP contribution in [0.25, 0.3) is 0 Å². The fourth-order valence-electron chi connectivity index (χ4n) is 2.62. The first-order valence-corrected chi connectivity index (χ1v) is 8.51. The van der Waals surface area contributed by atoms with Crippen LogP contribution in [-0.4, -0.2) is 29.9 Å². The molecule has 0 radical (unpaired) electrons. The number of anilines is 2. The van der Waals surface area contributed by atoms with Crippen molar-refractivity contribution in [2.24, 2.45) is 0 Å². The van der Waals surface area contributed by atoms with Gasteiger partial charge in [0.1, 0.15) is 5.75 Å². The van der Waals surface area contributed by atoms with E-state index >= 15 is 0 Å². The minimum absolute atomic E-state index is 0.238. The van der Waals surface area contributed by atoms with Crippen LogP contribution < -0.4 is 14.5 Å². The van der Waals surface area contributed by atoms with Crippen molar-refractivity contribution >= 4 is 23.6 Å². The van der Waals surface area contributed by atoms with Crippen LogP contribution in [0.5, 0.6) is 5.75 Å². The third-order valence-corrected chi connectivity index (χ3v) is 3.91. The summed E-state index contributed by atoms with van der Waals surface area (Å²) in [5.74, 6) is 0.296. The molecule has 0 saturated heterocycles. The van der Waals surface area contributed by atoms with E-state index in [1.54, 1.807) is 38.1 Å². The number of hydrogen-bond donors (Lipinski definition) is 1. The summed E-state index contributed by atoms with van der Waals surface area (Å²) in [6, 6.07) is 13.9. The highest BCUT2D eigenvalue weighted by molar-refractivity contribution is 5.90. The molecule has 0 atom stereocenters. The molecule has 0 spiro atoms. The molecular formula is C20H24N2O4. The van der Waals surface area contributed by atoms with Gasteiger partial charge in [0.05, 0.1) is 5.69 Å². The fraction of sp³-hybridized carbons (Fsp3) is 0.300. The predicted molar refractivity (Wildman–Crippen MR) is 102 cm³/mol. The number of ether oxygens (including phenoxy) is 1. The van der Waals surface area contributed by atoms with Gasteiger partial charge >= 0.3 is 12.2 Å². The fourth-order valence-corrected chi connectivity index (χ4v) is 2.62. The van der Waals surface area contributed by atoms with E-state index in [1.165, 1.54) is 9.80 Å². The van der Waals surface area contributed by atoms with E-state index in [1.807, 2.05) is 38.1 Å². The Morgan fingerprint density at radius 2 is 1.73 bits per heavy atom. The van der Waals surface area contributed by atoms with Crippen LogP contribution in [0.1, 0.15) is 26.3 Å². The second-order valence-corrected chi connectivity index (χ2v) is 6.19. The smallest absolute Gasteiger partial charge is 0.419 e. The number of aryl methyl sites for hydroxylation is 1. The van der Waals surface area contributed by atoms with E-state index < -0.39 is 12.2 Å². The van der Waals surface area contributed by atoms with Crippen molar-refractivity contribution in [3.63, 3.8) is 0 Å². The van der Waals surface area contributed by atoms with Gasteiger partial charge in [0.2, 0.25) is 0 Å². The lowest BCUT2D eigenvalue weighted by molar-refractivity contribution is 0.200. The molecule has 6 nitrogen and oxygen atoms in total. The monoisotopic (exact) mass is 356 g/mol. The largest absolute Gasteiger partial charge is 0.465 e. The van der Waals surface area contributed by atoms with E-state index in [-0.39, 0.29) is 6.04 Å². The van der Waals surface area contributed by atoms with Crippen molar-refractivity contribution in [3.8, 4) is 5.75 Å². The van der Waals surface area contributed by atoms with Crippen molar-refractivity contribution in [2.45, 2.75) is 33.7 Å². The van der Waals surface area contributed by atoms with Gasteiger partial charge in [-0.2, -0.15) is 0 Å². The SMILES string of the molecule is CCN(C(=O)Oc1cccc(N(C(=O)O)C(C)C)c1)c1ccc(C)cc1. The number of carboxylic acid groups (broad SMARTS) is 1. The van der Waals surface area contributed by atoms with Crippen LogP contribution in [0, 0.1) is 6.92 Å². The Balaban J connectivity index is 2.21. The molecule has 2 aromatic carbocycles. The lowest BCUT2D eigenvalue weighted by atomic mass is 10.2. The lowest BCUT2D eigenvalue weighted by Crippen LogP contribution is -2.36. The molecule has 1 N–H and O–H groups in total. The third kappa shape index (κ3) is 4.53. The Labute approximate surface area is 153 Å². The first-order chi connectivity index (χ1) is 12.3. The first-order valence-electron chi connectivity index (χ1n) is 8.51. The number of nitrogens with zero attached hydrogens (tertiary/aromatic N) is 2. The number of rotatable bonds is 5. The van der Waals surface area contributed by atoms with Crippen LogP contribution in [0.2, 0.25) is 0 Å². The van der Waals surface area contributed by atoms with Crippen LogP contribution in [0.15, 0.2) is 48.5 Å². The molecule has 0 bridgehead atoms. The maximum absolute atomic E-state index is 12.6. The summed E-state index contributed by atoms with van der Waals surface area (Å²) in [6.45, 7) is 7.86. The zero-order valence-corrected chi connectivity index (χ0v) is 15.5. The maximum atomic E-state index is 12.6. The molecule has 6 heteroatoms. The number of carbonyl (C=O) groups is 2. The highest BCUT2D eigenvalue weighted by Gasteiger charge is 2.20.